The van der Waals surface area contributed by atoms with Gasteiger partial charge in [0.15, 0.2) is 0 Å². The zero-order chi connectivity index (χ0) is 17.1. The summed E-state index contributed by atoms with van der Waals surface area (Å²) in [5.74, 6) is 9.17. The lowest BCUT2D eigenvalue weighted by Gasteiger charge is -2.00. The van der Waals surface area contributed by atoms with Crippen LogP contribution in [0.2, 0.25) is 0 Å². The average molecular weight is 335 g/mol. The molecule has 0 radical (unpaired) electrons. The van der Waals surface area contributed by atoms with Crippen molar-refractivity contribution in [1.29, 1.82) is 0 Å². The standard InChI is InChI=1S/C23H13NS/c1-2-19-16-25-23-14-18(9-12-22(19)23)6-5-17-7-10-20(11-8-17)21-4-3-13-24-15-21/h1,3-4,7-16H. The number of nitrogens with zero attached hydrogens (tertiary/aromatic N) is 1. The van der Waals surface area contributed by atoms with Crippen LogP contribution >= 0.6 is 11.3 Å². The van der Waals surface area contributed by atoms with Crippen molar-refractivity contribution in [3.8, 4) is 35.3 Å². The highest BCUT2D eigenvalue weighted by Crippen LogP contribution is 2.26. The van der Waals surface area contributed by atoms with Gasteiger partial charge in [-0.3, -0.25) is 4.98 Å². The molecule has 2 aromatic heterocycles. The first-order valence-corrected chi connectivity index (χ1v) is 8.72. The topological polar surface area (TPSA) is 12.9 Å². The fourth-order valence-electron chi connectivity index (χ4n) is 2.64. The minimum atomic E-state index is 0.950. The molecule has 4 rings (SSSR count). The molecule has 0 aliphatic heterocycles. The molecule has 0 N–H and O–H groups in total. The molecule has 0 saturated heterocycles. The van der Waals surface area contributed by atoms with E-state index in [1.165, 1.54) is 4.70 Å². The molecule has 0 atom stereocenters. The number of hydrogen-bond acceptors (Lipinski definition) is 2. The van der Waals surface area contributed by atoms with Gasteiger partial charge in [0.1, 0.15) is 0 Å². The zero-order valence-corrected chi connectivity index (χ0v) is 14.2. The number of pyridine rings is 1. The molecule has 4 aromatic rings. The Balaban J connectivity index is 1.60. The molecule has 0 aliphatic carbocycles. The minimum absolute atomic E-state index is 0.950. The van der Waals surface area contributed by atoms with Gasteiger partial charge in [-0.2, -0.15) is 0 Å². The van der Waals surface area contributed by atoms with Crippen LogP contribution < -0.4 is 0 Å². The molecule has 0 saturated carbocycles. The summed E-state index contributed by atoms with van der Waals surface area (Å²) in [6.45, 7) is 0. The summed E-state index contributed by atoms with van der Waals surface area (Å²) < 4.78 is 1.17. The van der Waals surface area contributed by atoms with E-state index in [-0.39, 0.29) is 0 Å². The van der Waals surface area contributed by atoms with Crippen molar-refractivity contribution in [2.45, 2.75) is 0 Å². The van der Waals surface area contributed by atoms with Crippen LogP contribution in [0.1, 0.15) is 16.7 Å². The van der Waals surface area contributed by atoms with Crippen molar-refractivity contribution >= 4 is 21.4 Å². The molecule has 116 valence electrons. The van der Waals surface area contributed by atoms with Crippen LogP contribution in [0.3, 0.4) is 0 Å². The molecule has 0 spiro atoms. The summed E-state index contributed by atoms with van der Waals surface area (Å²) in [7, 11) is 0. The predicted octanol–water partition coefficient (Wildman–Crippen LogP) is 5.34. The van der Waals surface area contributed by atoms with Gasteiger partial charge in [-0.1, -0.05) is 42.0 Å². The molecule has 2 aromatic carbocycles. The van der Waals surface area contributed by atoms with Crippen molar-refractivity contribution in [2.24, 2.45) is 0 Å². The highest BCUT2D eigenvalue weighted by molar-refractivity contribution is 7.17. The first-order valence-electron chi connectivity index (χ1n) is 7.84. The maximum Gasteiger partial charge on any atom is 0.0428 e. The predicted molar refractivity (Wildman–Crippen MR) is 105 cm³/mol. The quantitative estimate of drug-likeness (QED) is 0.428. The number of benzene rings is 2. The Morgan fingerprint density at radius 2 is 1.68 bits per heavy atom. The van der Waals surface area contributed by atoms with Crippen LogP contribution in [-0.2, 0) is 0 Å². The highest BCUT2D eigenvalue weighted by Gasteiger charge is 2.02. The van der Waals surface area contributed by atoms with E-state index in [2.05, 4.69) is 47.0 Å². The monoisotopic (exact) mass is 335 g/mol. The third-order valence-electron chi connectivity index (χ3n) is 3.96. The third-order valence-corrected chi connectivity index (χ3v) is 4.91. The van der Waals surface area contributed by atoms with Crippen LogP contribution in [0, 0.1) is 24.2 Å². The van der Waals surface area contributed by atoms with E-state index in [1.807, 2.05) is 41.9 Å². The first-order chi connectivity index (χ1) is 12.3. The lowest BCUT2D eigenvalue weighted by molar-refractivity contribution is 1.33. The van der Waals surface area contributed by atoms with Crippen molar-refractivity contribution in [3.05, 3.63) is 89.1 Å². The number of fused-ring (bicyclic) bond motifs is 1. The Hall–Kier alpha value is -3.33. The van der Waals surface area contributed by atoms with E-state index in [0.29, 0.717) is 0 Å². The largest absolute Gasteiger partial charge is 0.264 e. The molecule has 2 heteroatoms. The Morgan fingerprint density at radius 3 is 2.44 bits per heavy atom. The van der Waals surface area contributed by atoms with E-state index in [1.54, 1.807) is 17.5 Å². The number of aromatic nitrogens is 1. The Morgan fingerprint density at radius 1 is 0.880 bits per heavy atom. The molecule has 0 fully saturated rings. The maximum absolute atomic E-state index is 5.51. The summed E-state index contributed by atoms with van der Waals surface area (Å²) in [6.07, 6.45) is 9.15. The number of thiophene rings is 1. The molecule has 0 aliphatic rings. The Labute approximate surface area is 151 Å². The molecule has 1 nitrogen and oxygen atoms in total. The second-order valence-electron chi connectivity index (χ2n) is 5.57. The molecule has 0 amide bonds. The fourth-order valence-corrected chi connectivity index (χ4v) is 3.58. The van der Waals surface area contributed by atoms with Gasteiger partial charge in [0.25, 0.3) is 0 Å². The normalized spacial score (nSPS) is 10.0. The van der Waals surface area contributed by atoms with Crippen LogP contribution in [-0.4, -0.2) is 4.98 Å². The van der Waals surface area contributed by atoms with Gasteiger partial charge < -0.3 is 0 Å². The summed E-state index contributed by atoms with van der Waals surface area (Å²) >= 11 is 1.66. The van der Waals surface area contributed by atoms with Gasteiger partial charge in [-0.05, 0) is 41.5 Å². The molecular weight excluding hydrogens is 322 g/mol. The van der Waals surface area contributed by atoms with Gasteiger partial charge in [0, 0.05) is 44.6 Å². The number of hydrogen-bond donors (Lipinski definition) is 0. The maximum atomic E-state index is 5.51. The molecule has 25 heavy (non-hydrogen) atoms. The highest BCUT2D eigenvalue weighted by atomic mass is 32.1. The number of rotatable bonds is 1. The average Bonchev–Trinajstić information content (AvgIpc) is 3.10. The van der Waals surface area contributed by atoms with E-state index in [0.717, 1.165) is 33.2 Å². The lowest BCUT2D eigenvalue weighted by atomic mass is 10.1. The van der Waals surface area contributed by atoms with Gasteiger partial charge in [0.2, 0.25) is 0 Å². The van der Waals surface area contributed by atoms with Crippen molar-refractivity contribution in [2.75, 3.05) is 0 Å². The van der Waals surface area contributed by atoms with Crippen molar-refractivity contribution in [3.63, 3.8) is 0 Å². The molecule has 2 heterocycles. The molecular formula is C23H13NS. The summed E-state index contributed by atoms with van der Waals surface area (Å²) in [5.41, 5.74) is 5.18. The third kappa shape index (κ3) is 3.17. The van der Waals surface area contributed by atoms with Crippen LogP contribution in [0.25, 0.3) is 21.2 Å². The molecule has 0 bridgehead atoms. The van der Waals surface area contributed by atoms with Crippen molar-refractivity contribution < 1.29 is 0 Å². The van der Waals surface area contributed by atoms with Crippen LogP contribution in [0.4, 0.5) is 0 Å². The van der Waals surface area contributed by atoms with Gasteiger partial charge >= 0.3 is 0 Å². The van der Waals surface area contributed by atoms with E-state index >= 15 is 0 Å². The molecule has 0 unspecified atom stereocenters. The summed E-state index contributed by atoms with van der Waals surface area (Å²) in [4.78, 5) is 4.15. The van der Waals surface area contributed by atoms with Crippen LogP contribution in [0.5, 0.6) is 0 Å². The fraction of sp³-hybridized carbons (Fsp3) is 0. The van der Waals surface area contributed by atoms with Gasteiger partial charge in [0.05, 0.1) is 0 Å². The second kappa shape index (κ2) is 6.65. The van der Waals surface area contributed by atoms with E-state index < -0.39 is 0 Å². The smallest absolute Gasteiger partial charge is 0.0428 e. The Bertz CT molecular complexity index is 1130. The summed E-state index contributed by atoms with van der Waals surface area (Å²) in [5, 5.41) is 3.14. The van der Waals surface area contributed by atoms with Gasteiger partial charge in [-0.15, -0.1) is 17.8 Å². The lowest BCUT2D eigenvalue weighted by Crippen LogP contribution is -1.80. The Kier molecular flexibility index (Phi) is 4.05. The SMILES string of the molecule is C#Cc1csc2cc(C#Cc3ccc(-c4cccnc4)cc3)ccc12. The minimum Gasteiger partial charge on any atom is -0.264 e. The van der Waals surface area contributed by atoms with Gasteiger partial charge in [-0.25, -0.2) is 0 Å². The van der Waals surface area contributed by atoms with Crippen molar-refractivity contribution in [1.82, 2.24) is 4.98 Å². The van der Waals surface area contributed by atoms with E-state index in [9.17, 15) is 0 Å². The summed E-state index contributed by atoms with van der Waals surface area (Å²) in [6, 6.07) is 18.4. The zero-order valence-electron chi connectivity index (χ0n) is 13.4. The number of terminal acetylenes is 1. The first kappa shape index (κ1) is 15.2. The van der Waals surface area contributed by atoms with E-state index in [4.69, 9.17) is 6.42 Å². The van der Waals surface area contributed by atoms with Crippen LogP contribution in [0.15, 0.2) is 72.4 Å². The second-order valence-corrected chi connectivity index (χ2v) is 6.48.